The van der Waals surface area contributed by atoms with Gasteiger partial charge in [0.2, 0.25) is 0 Å². The molecule has 2 rings (SSSR count). The van der Waals surface area contributed by atoms with Crippen molar-refractivity contribution in [3.05, 3.63) is 39.2 Å². The number of esters is 1. The molecule has 1 aromatic carbocycles. The van der Waals surface area contributed by atoms with Gasteiger partial charge in [-0.05, 0) is 50.8 Å². The minimum absolute atomic E-state index is 0.304. The van der Waals surface area contributed by atoms with Gasteiger partial charge in [0.05, 0.1) is 6.61 Å². The Balaban J connectivity index is 2.52. The van der Waals surface area contributed by atoms with E-state index < -0.39 is 12.1 Å². The molecule has 0 saturated heterocycles. The fourth-order valence-electron chi connectivity index (χ4n) is 2.75. The van der Waals surface area contributed by atoms with E-state index in [-0.39, 0.29) is 5.63 Å². The van der Waals surface area contributed by atoms with Crippen LogP contribution >= 0.6 is 0 Å². The Morgan fingerprint density at radius 2 is 1.92 bits per heavy atom. The topological polar surface area (TPSA) is 65.7 Å². The Bertz CT molecular complexity index is 803. The Morgan fingerprint density at radius 3 is 2.50 bits per heavy atom. The Kier molecular flexibility index (Phi) is 5.65. The highest BCUT2D eigenvalue weighted by Crippen LogP contribution is 2.29. The molecule has 1 unspecified atom stereocenters. The fourth-order valence-corrected chi connectivity index (χ4v) is 2.75. The first-order valence-electron chi connectivity index (χ1n) is 8.35. The number of ether oxygens (including phenoxy) is 2. The van der Waals surface area contributed by atoms with E-state index in [1.165, 1.54) is 0 Å². The summed E-state index contributed by atoms with van der Waals surface area (Å²) in [7, 11) is 0. The molecule has 0 bridgehead atoms. The Labute approximate surface area is 141 Å². The fraction of sp³-hybridized carbons (Fsp3) is 0.474. The van der Waals surface area contributed by atoms with Crippen LogP contribution in [0, 0.1) is 6.92 Å². The Morgan fingerprint density at radius 1 is 1.21 bits per heavy atom. The van der Waals surface area contributed by atoms with Crippen LogP contribution in [-0.2, 0) is 22.4 Å². The van der Waals surface area contributed by atoms with Gasteiger partial charge >= 0.3 is 11.6 Å². The number of hydrogen-bond acceptors (Lipinski definition) is 5. The van der Waals surface area contributed by atoms with Gasteiger partial charge in [0.15, 0.2) is 6.10 Å². The van der Waals surface area contributed by atoms with E-state index in [1.807, 2.05) is 26.8 Å². The molecule has 5 heteroatoms. The van der Waals surface area contributed by atoms with Crippen molar-refractivity contribution >= 4 is 16.9 Å². The molecule has 0 aliphatic heterocycles. The monoisotopic (exact) mass is 332 g/mol. The molecule has 0 aliphatic rings. The third-order valence-electron chi connectivity index (χ3n) is 4.13. The van der Waals surface area contributed by atoms with E-state index in [1.54, 1.807) is 19.9 Å². The van der Waals surface area contributed by atoms with Gasteiger partial charge in [-0.15, -0.1) is 0 Å². The molecular formula is C19H24O5. The number of benzene rings is 1. The van der Waals surface area contributed by atoms with E-state index in [9.17, 15) is 9.59 Å². The van der Waals surface area contributed by atoms with Crippen LogP contribution in [0.2, 0.25) is 0 Å². The molecule has 1 heterocycles. The van der Waals surface area contributed by atoms with Crippen molar-refractivity contribution < 1.29 is 18.7 Å². The Hall–Kier alpha value is -2.30. The highest BCUT2D eigenvalue weighted by Gasteiger charge is 2.19. The van der Waals surface area contributed by atoms with E-state index >= 15 is 0 Å². The minimum atomic E-state index is -0.726. The van der Waals surface area contributed by atoms with Crippen LogP contribution in [0.1, 0.15) is 44.4 Å². The van der Waals surface area contributed by atoms with Crippen LogP contribution in [0.4, 0.5) is 0 Å². The molecule has 0 N–H and O–H groups in total. The zero-order valence-corrected chi connectivity index (χ0v) is 14.9. The van der Waals surface area contributed by atoms with Crippen molar-refractivity contribution in [3.8, 4) is 5.75 Å². The third-order valence-corrected chi connectivity index (χ3v) is 4.13. The lowest BCUT2D eigenvalue weighted by atomic mass is 10.0. The van der Waals surface area contributed by atoms with E-state index in [0.29, 0.717) is 29.9 Å². The lowest BCUT2D eigenvalue weighted by Gasteiger charge is -2.17. The average molecular weight is 332 g/mol. The molecule has 1 atom stereocenters. The van der Waals surface area contributed by atoms with Gasteiger partial charge in [0.25, 0.3) is 0 Å². The summed E-state index contributed by atoms with van der Waals surface area (Å²) in [6, 6.07) is 3.66. The van der Waals surface area contributed by atoms with Crippen LogP contribution < -0.4 is 10.4 Å². The number of fused-ring (bicyclic) bond motifs is 1. The molecule has 5 nitrogen and oxygen atoms in total. The zero-order chi connectivity index (χ0) is 17.9. The summed E-state index contributed by atoms with van der Waals surface area (Å²) >= 11 is 0. The summed E-state index contributed by atoms with van der Waals surface area (Å²) in [5.41, 5.74) is 2.73. The highest BCUT2D eigenvalue weighted by atomic mass is 16.6. The minimum Gasteiger partial charge on any atom is -0.479 e. The summed E-state index contributed by atoms with van der Waals surface area (Å²) in [6.45, 7) is 9.57. The lowest BCUT2D eigenvalue weighted by Crippen LogP contribution is -2.26. The molecule has 0 saturated carbocycles. The maximum absolute atomic E-state index is 12.1. The summed E-state index contributed by atoms with van der Waals surface area (Å²) < 4.78 is 16.2. The third kappa shape index (κ3) is 3.45. The molecule has 0 spiro atoms. The van der Waals surface area contributed by atoms with Crippen molar-refractivity contribution in [1.29, 1.82) is 0 Å². The first kappa shape index (κ1) is 18.0. The summed E-state index contributed by atoms with van der Waals surface area (Å²) in [4.78, 5) is 23.9. The average Bonchev–Trinajstić information content (AvgIpc) is 2.55. The maximum atomic E-state index is 12.1. The van der Waals surface area contributed by atoms with Gasteiger partial charge in [-0.1, -0.05) is 13.8 Å². The van der Waals surface area contributed by atoms with E-state index in [4.69, 9.17) is 13.9 Å². The largest absolute Gasteiger partial charge is 0.479 e. The first-order chi connectivity index (χ1) is 11.4. The summed E-state index contributed by atoms with van der Waals surface area (Å²) in [6.07, 6.45) is 0.639. The zero-order valence-electron chi connectivity index (χ0n) is 14.9. The molecule has 24 heavy (non-hydrogen) atoms. The number of carbonyl (C=O) groups is 1. The van der Waals surface area contributed by atoms with Crippen LogP contribution in [0.25, 0.3) is 11.0 Å². The van der Waals surface area contributed by atoms with Gasteiger partial charge in [0, 0.05) is 17.0 Å². The SMILES string of the molecule is CCOC(=O)C(C)Oc1cc2oc(=O)c(CC)c(C)c2cc1CC. The molecular weight excluding hydrogens is 308 g/mol. The molecule has 0 amide bonds. The second-order valence-electron chi connectivity index (χ2n) is 5.67. The smallest absolute Gasteiger partial charge is 0.347 e. The number of aryl methyl sites for hydroxylation is 2. The van der Waals surface area contributed by atoms with E-state index in [0.717, 1.165) is 22.9 Å². The second kappa shape index (κ2) is 7.51. The summed E-state index contributed by atoms with van der Waals surface area (Å²) in [5.74, 6) is 0.121. The summed E-state index contributed by atoms with van der Waals surface area (Å²) in [5, 5.41) is 0.902. The van der Waals surface area contributed by atoms with E-state index in [2.05, 4.69) is 0 Å². The second-order valence-corrected chi connectivity index (χ2v) is 5.67. The standard InChI is InChI=1S/C19H24O5/c1-6-13-9-15-11(4)14(7-2)19(21)24-17(15)10-16(13)23-12(5)18(20)22-8-3/h9-10,12H,6-8H2,1-5H3. The van der Waals surface area contributed by atoms with Crippen molar-refractivity contribution in [2.45, 2.75) is 53.6 Å². The number of carbonyl (C=O) groups excluding carboxylic acids is 1. The molecule has 2 aromatic rings. The van der Waals surface area contributed by atoms with Crippen molar-refractivity contribution in [2.24, 2.45) is 0 Å². The van der Waals surface area contributed by atoms with Crippen molar-refractivity contribution in [3.63, 3.8) is 0 Å². The van der Waals surface area contributed by atoms with Crippen molar-refractivity contribution in [1.82, 2.24) is 0 Å². The first-order valence-corrected chi connectivity index (χ1v) is 8.35. The molecule has 0 radical (unpaired) electrons. The van der Waals surface area contributed by atoms with Gasteiger partial charge < -0.3 is 13.9 Å². The van der Waals surface area contributed by atoms with Gasteiger partial charge in [-0.3, -0.25) is 0 Å². The molecule has 0 fully saturated rings. The highest BCUT2D eigenvalue weighted by molar-refractivity contribution is 5.84. The number of rotatable bonds is 6. The number of hydrogen-bond donors (Lipinski definition) is 0. The van der Waals surface area contributed by atoms with Gasteiger partial charge in [-0.25, -0.2) is 9.59 Å². The molecule has 0 aliphatic carbocycles. The molecule has 130 valence electrons. The predicted octanol–water partition coefficient (Wildman–Crippen LogP) is 3.56. The predicted molar refractivity (Wildman–Crippen MR) is 92.7 cm³/mol. The quantitative estimate of drug-likeness (QED) is 0.598. The van der Waals surface area contributed by atoms with Crippen LogP contribution in [0.5, 0.6) is 5.75 Å². The normalized spacial score (nSPS) is 12.2. The van der Waals surface area contributed by atoms with Crippen LogP contribution in [-0.4, -0.2) is 18.7 Å². The van der Waals surface area contributed by atoms with Crippen molar-refractivity contribution in [2.75, 3.05) is 6.61 Å². The van der Waals surface area contributed by atoms with Gasteiger partial charge in [-0.2, -0.15) is 0 Å². The van der Waals surface area contributed by atoms with Crippen LogP contribution in [0.15, 0.2) is 21.3 Å². The molecule has 1 aromatic heterocycles. The van der Waals surface area contributed by atoms with Gasteiger partial charge in [0.1, 0.15) is 11.3 Å². The lowest BCUT2D eigenvalue weighted by molar-refractivity contribution is -0.150. The van der Waals surface area contributed by atoms with Crippen LogP contribution in [0.3, 0.4) is 0 Å². The maximum Gasteiger partial charge on any atom is 0.347 e.